The van der Waals surface area contributed by atoms with Gasteiger partial charge in [0.2, 0.25) is 0 Å². The van der Waals surface area contributed by atoms with Crippen LogP contribution in [0.4, 0.5) is 0 Å². The van der Waals surface area contributed by atoms with Gasteiger partial charge in [-0.05, 0) is 35.8 Å². The van der Waals surface area contributed by atoms with E-state index in [0.29, 0.717) is 17.5 Å². The molecule has 0 aromatic carbocycles. The van der Waals surface area contributed by atoms with Gasteiger partial charge in [0.1, 0.15) is 0 Å². The Morgan fingerprint density at radius 2 is 2.33 bits per heavy atom. The van der Waals surface area contributed by atoms with Crippen molar-refractivity contribution in [3.63, 3.8) is 0 Å². The van der Waals surface area contributed by atoms with Crippen LogP contribution in [0.25, 0.3) is 0 Å². The fraction of sp³-hybridized carbons (Fsp3) is 0.375. The summed E-state index contributed by atoms with van der Waals surface area (Å²) in [5.74, 6) is 0.622. The quantitative estimate of drug-likeness (QED) is 0.752. The van der Waals surface area contributed by atoms with Gasteiger partial charge in [-0.2, -0.15) is 0 Å². The van der Waals surface area contributed by atoms with Crippen LogP contribution in [0, 0.1) is 6.92 Å². The first-order valence-corrected chi connectivity index (χ1v) is 4.77. The zero-order valence-electron chi connectivity index (χ0n) is 6.90. The lowest BCUT2D eigenvalue weighted by Crippen LogP contribution is -1.95. The van der Waals surface area contributed by atoms with Gasteiger partial charge >= 0.3 is 0 Å². The summed E-state index contributed by atoms with van der Waals surface area (Å²) >= 11 is 9.17. The summed E-state index contributed by atoms with van der Waals surface area (Å²) in [6.45, 7) is 4.38. The Morgan fingerprint density at radius 3 is 2.92 bits per heavy atom. The molecule has 1 heterocycles. The molecular formula is C8H9BrClNO. The van der Waals surface area contributed by atoms with E-state index >= 15 is 0 Å². The summed E-state index contributed by atoms with van der Waals surface area (Å²) in [7, 11) is 0. The topological polar surface area (TPSA) is 22.1 Å². The molecule has 1 aromatic rings. The van der Waals surface area contributed by atoms with Crippen LogP contribution in [0.3, 0.4) is 0 Å². The van der Waals surface area contributed by atoms with Crippen LogP contribution in [0.15, 0.2) is 10.5 Å². The second kappa shape index (κ2) is 4.10. The van der Waals surface area contributed by atoms with E-state index < -0.39 is 0 Å². The van der Waals surface area contributed by atoms with E-state index in [9.17, 15) is 0 Å². The van der Waals surface area contributed by atoms with Crippen LogP contribution in [0.2, 0.25) is 5.15 Å². The van der Waals surface area contributed by atoms with Crippen molar-refractivity contribution < 1.29 is 4.74 Å². The van der Waals surface area contributed by atoms with Gasteiger partial charge < -0.3 is 4.74 Å². The number of aromatic nitrogens is 1. The Hall–Kier alpha value is -0.280. The number of pyridine rings is 1. The molecule has 0 aliphatic heterocycles. The second-order valence-corrected chi connectivity index (χ2v) is 3.49. The molecule has 0 amide bonds. The van der Waals surface area contributed by atoms with Crippen molar-refractivity contribution in [2.45, 2.75) is 13.8 Å². The predicted octanol–water partition coefficient (Wildman–Crippen LogP) is 3.20. The number of halogens is 2. The highest BCUT2D eigenvalue weighted by Gasteiger charge is 2.05. The average Bonchev–Trinajstić information content (AvgIpc) is 2.01. The summed E-state index contributed by atoms with van der Waals surface area (Å²) in [4.78, 5) is 4.09. The van der Waals surface area contributed by atoms with Crippen LogP contribution in [0.1, 0.15) is 12.6 Å². The molecule has 1 rings (SSSR count). The third-order valence-corrected chi connectivity index (χ3v) is 2.45. The summed E-state index contributed by atoms with van der Waals surface area (Å²) in [6.07, 6.45) is 0. The minimum atomic E-state index is 0.414. The molecule has 2 nitrogen and oxygen atoms in total. The lowest BCUT2D eigenvalue weighted by Gasteiger charge is -2.06. The molecule has 0 fully saturated rings. The van der Waals surface area contributed by atoms with Crippen molar-refractivity contribution in [2.24, 2.45) is 0 Å². The van der Waals surface area contributed by atoms with E-state index in [1.54, 1.807) is 0 Å². The van der Waals surface area contributed by atoms with Gasteiger partial charge in [-0.1, -0.05) is 11.6 Å². The van der Waals surface area contributed by atoms with Crippen molar-refractivity contribution in [1.29, 1.82) is 0 Å². The highest BCUT2D eigenvalue weighted by molar-refractivity contribution is 9.10. The predicted molar refractivity (Wildman–Crippen MR) is 52.9 cm³/mol. The zero-order valence-corrected chi connectivity index (χ0v) is 9.24. The second-order valence-electron chi connectivity index (χ2n) is 2.28. The highest BCUT2D eigenvalue weighted by Crippen LogP contribution is 2.27. The fourth-order valence-corrected chi connectivity index (χ4v) is 1.32. The fourth-order valence-electron chi connectivity index (χ4n) is 0.792. The van der Waals surface area contributed by atoms with Gasteiger partial charge in [0.15, 0.2) is 10.9 Å². The third kappa shape index (κ3) is 2.11. The molecule has 0 aliphatic rings. The van der Waals surface area contributed by atoms with Gasteiger partial charge in [0.05, 0.1) is 12.3 Å². The van der Waals surface area contributed by atoms with Crippen LogP contribution in [-0.4, -0.2) is 11.6 Å². The average molecular weight is 251 g/mol. The molecule has 0 spiro atoms. The van der Waals surface area contributed by atoms with E-state index in [2.05, 4.69) is 20.9 Å². The Labute approximate surface area is 85.0 Å². The summed E-state index contributed by atoms with van der Waals surface area (Å²) in [5.41, 5.74) is 0.864. The Morgan fingerprint density at radius 1 is 1.67 bits per heavy atom. The molecule has 1 aromatic heterocycles. The Kier molecular flexibility index (Phi) is 3.35. The van der Waals surface area contributed by atoms with E-state index in [1.165, 1.54) is 0 Å². The van der Waals surface area contributed by atoms with Crippen molar-refractivity contribution in [1.82, 2.24) is 4.98 Å². The van der Waals surface area contributed by atoms with Gasteiger partial charge in [-0.15, -0.1) is 0 Å². The van der Waals surface area contributed by atoms with Crippen LogP contribution in [-0.2, 0) is 0 Å². The van der Waals surface area contributed by atoms with E-state index in [1.807, 2.05) is 19.9 Å². The van der Waals surface area contributed by atoms with E-state index in [-0.39, 0.29) is 0 Å². The minimum Gasteiger partial charge on any atom is -0.491 e. The van der Waals surface area contributed by atoms with E-state index in [4.69, 9.17) is 16.3 Å². The molecule has 12 heavy (non-hydrogen) atoms. The number of ether oxygens (including phenoxy) is 1. The Bertz CT molecular complexity index is 291. The maximum Gasteiger partial charge on any atom is 0.171 e. The monoisotopic (exact) mass is 249 g/mol. The van der Waals surface area contributed by atoms with Crippen molar-refractivity contribution in [3.8, 4) is 5.75 Å². The largest absolute Gasteiger partial charge is 0.491 e. The maximum atomic E-state index is 5.82. The molecular weight excluding hydrogens is 241 g/mol. The number of nitrogens with zero attached hydrogens (tertiary/aromatic N) is 1. The summed E-state index contributed by atoms with van der Waals surface area (Å²) in [6, 6.07) is 1.83. The van der Waals surface area contributed by atoms with Crippen molar-refractivity contribution >= 4 is 27.5 Å². The van der Waals surface area contributed by atoms with Crippen LogP contribution >= 0.6 is 27.5 Å². The molecule has 0 saturated carbocycles. The minimum absolute atomic E-state index is 0.414. The molecule has 0 bridgehead atoms. The number of hydrogen-bond donors (Lipinski definition) is 0. The number of aryl methyl sites for hydroxylation is 1. The molecule has 0 atom stereocenters. The normalized spacial score (nSPS) is 10.0. The summed E-state index contributed by atoms with van der Waals surface area (Å²) < 4.78 is 6.16. The van der Waals surface area contributed by atoms with Crippen LogP contribution in [0.5, 0.6) is 5.75 Å². The Balaban J connectivity index is 3.05. The zero-order chi connectivity index (χ0) is 9.14. The number of hydrogen-bond acceptors (Lipinski definition) is 2. The first-order valence-electron chi connectivity index (χ1n) is 3.60. The highest BCUT2D eigenvalue weighted by atomic mass is 79.9. The maximum absolute atomic E-state index is 5.82. The third-order valence-electron chi connectivity index (χ3n) is 1.37. The van der Waals surface area contributed by atoms with Crippen molar-refractivity contribution in [2.75, 3.05) is 6.61 Å². The lowest BCUT2D eigenvalue weighted by atomic mass is 10.4. The molecule has 0 radical (unpaired) electrons. The lowest BCUT2D eigenvalue weighted by molar-refractivity contribution is 0.338. The van der Waals surface area contributed by atoms with Crippen LogP contribution < -0.4 is 4.74 Å². The van der Waals surface area contributed by atoms with Gasteiger partial charge in [-0.3, -0.25) is 0 Å². The molecule has 0 aliphatic carbocycles. The summed E-state index contributed by atoms with van der Waals surface area (Å²) in [5, 5.41) is 0.414. The van der Waals surface area contributed by atoms with Crippen molar-refractivity contribution in [3.05, 3.63) is 21.4 Å². The molecule has 0 N–H and O–H groups in total. The van der Waals surface area contributed by atoms with Gasteiger partial charge in [0, 0.05) is 4.47 Å². The molecule has 0 unspecified atom stereocenters. The smallest absolute Gasteiger partial charge is 0.171 e. The van der Waals surface area contributed by atoms with Gasteiger partial charge in [-0.25, -0.2) is 4.98 Å². The molecule has 0 saturated heterocycles. The first kappa shape index (κ1) is 9.81. The number of rotatable bonds is 2. The SMILES string of the molecule is CCOc1cc(Br)c(C)nc1Cl. The standard InChI is InChI=1S/C8H9BrClNO/c1-3-12-7-4-6(9)5(2)11-8(7)10/h4H,3H2,1-2H3. The first-order chi connectivity index (χ1) is 5.65. The molecule has 66 valence electrons. The van der Waals surface area contributed by atoms with E-state index in [0.717, 1.165) is 10.2 Å². The molecule has 4 heteroatoms. The van der Waals surface area contributed by atoms with Gasteiger partial charge in [0.25, 0.3) is 0 Å².